The van der Waals surface area contributed by atoms with Crippen LogP contribution in [0.15, 0.2) is 54.6 Å². The van der Waals surface area contributed by atoms with Crippen molar-refractivity contribution < 1.29 is 4.79 Å². The van der Waals surface area contributed by atoms with E-state index in [2.05, 4.69) is 29.6 Å². The number of carbonyl (C=O) groups excluding carboxylic acids is 1. The third kappa shape index (κ3) is 3.48. The summed E-state index contributed by atoms with van der Waals surface area (Å²) >= 11 is 0. The van der Waals surface area contributed by atoms with Crippen molar-refractivity contribution in [3.63, 3.8) is 0 Å². The Morgan fingerprint density at radius 3 is 2.68 bits per heavy atom. The van der Waals surface area contributed by atoms with Gasteiger partial charge in [0.05, 0.1) is 0 Å². The van der Waals surface area contributed by atoms with E-state index in [1.807, 2.05) is 18.2 Å². The number of rotatable bonds is 4. The van der Waals surface area contributed by atoms with Crippen LogP contribution in [0, 0.1) is 5.92 Å². The monoisotopic (exact) mass is 294 g/mol. The molecule has 1 saturated carbocycles. The molecule has 0 radical (unpaired) electrons. The average molecular weight is 294 g/mol. The zero-order chi connectivity index (χ0) is 15.4. The van der Waals surface area contributed by atoms with E-state index in [1.165, 1.54) is 18.4 Å². The van der Waals surface area contributed by atoms with Crippen LogP contribution in [-0.4, -0.2) is 11.9 Å². The fourth-order valence-electron chi connectivity index (χ4n) is 3.32. The van der Waals surface area contributed by atoms with E-state index in [0.717, 1.165) is 12.8 Å². The summed E-state index contributed by atoms with van der Waals surface area (Å²) in [5, 5.41) is 3.20. The van der Waals surface area contributed by atoms with Crippen LogP contribution in [0.1, 0.15) is 35.2 Å². The molecule has 0 aliphatic heterocycles. The first-order valence-electron chi connectivity index (χ1n) is 7.93. The summed E-state index contributed by atoms with van der Waals surface area (Å²) < 4.78 is 0. The number of carbonyl (C=O) groups is 1. The molecule has 3 rings (SSSR count). The Bertz CT molecular complexity index is 639. The number of hydrogen-bond donors (Lipinski definition) is 2. The van der Waals surface area contributed by atoms with Gasteiger partial charge in [0.1, 0.15) is 0 Å². The zero-order valence-electron chi connectivity index (χ0n) is 12.7. The standard InChI is InChI=1S/C19H22N2O/c20-17-10-4-9-16(13-17)19(22)21-18-11-5-8-15(18)12-14-6-2-1-3-7-14/h1-4,6-7,9-10,13,15,18H,5,8,11-12,20H2,(H,21,22). The summed E-state index contributed by atoms with van der Waals surface area (Å²) in [6.07, 6.45) is 4.45. The summed E-state index contributed by atoms with van der Waals surface area (Å²) in [4.78, 5) is 12.4. The third-order valence-corrected chi connectivity index (χ3v) is 4.47. The molecule has 1 aliphatic rings. The molecule has 0 spiro atoms. The molecule has 1 fully saturated rings. The van der Waals surface area contributed by atoms with E-state index < -0.39 is 0 Å². The lowest BCUT2D eigenvalue weighted by Crippen LogP contribution is -2.38. The van der Waals surface area contributed by atoms with Gasteiger partial charge >= 0.3 is 0 Å². The van der Waals surface area contributed by atoms with Crippen LogP contribution in [-0.2, 0) is 6.42 Å². The highest BCUT2D eigenvalue weighted by atomic mass is 16.1. The number of anilines is 1. The Morgan fingerprint density at radius 2 is 1.91 bits per heavy atom. The van der Waals surface area contributed by atoms with Crippen LogP contribution in [0.5, 0.6) is 0 Å². The van der Waals surface area contributed by atoms with E-state index in [4.69, 9.17) is 5.73 Å². The van der Waals surface area contributed by atoms with Crippen molar-refractivity contribution in [1.82, 2.24) is 5.32 Å². The number of nitrogens with two attached hydrogens (primary N) is 1. The fraction of sp³-hybridized carbons (Fsp3) is 0.316. The molecule has 1 aliphatic carbocycles. The van der Waals surface area contributed by atoms with Crippen molar-refractivity contribution in [3.8, 4) is 0 Å². The predicted molar refractivity (Wildman–Crippen MR) is 89.6 cm³/mol. The number of benzene rings is 2. The predicted octanol–water partition coefficient (Wildman–Crippen LogP) is 3.41. The van der Waals surface area contributed by atoms with Gasteiger partial charge < -0.3 is 11.1 Å². The molecule has 2 aromatic rings. The quantitative estimate of drug-likeness (QED) is 0.849. The minimum absolute atomic E-state index is 0.0164. The summed E-state index contributed by atoms with van der Waals surface area (Å²) in [7, 11) is 0. The van der Waals surface area contributed by atoms with Crippen molar-refractivity contribution in [1.29, 1.82) is 0 Å². The Labute approximate surface area is 131 Å². The molecule has 0 aromatic heterocycles. The van der Waals surface area contributed by atoms with E-state index in [-0.39, 0.29) is 11.9 Å². The average Bonchev–Trinajstić information content (AvgIpc) is 2.95. The molecule has 0 bridgehead atoms. The molecular formula is C19H22N2O. The van der Waals surface area contributed by atoms with Crippen molar-refractivity contribution in [3.05, 3.63) is 65.7 Å². The number of hydrogen-bond acceptors (Lipinski definition) is 2. The number of amides is 1. The van der Waals surface area contributed by atoms with Crippen LogP contribution < -0.4 is 11.1 Å². The van der Waals surface area contributed by atoms with Crippen molar-refractivity contribution in [2.45, 2.75) is 31.7 Å². The molecule has 0 saturated heterocycles. The minimum Gasteiger partial charge on any atom is -0.399 e. The van der Waals surface area contributed by atoms with Gasteiger partial charge in [0.25, 0.3) is 5.91 Å². The van der Waals surface area contributed by atoms with Gasteiger partial charge in [-0.1, -0.05) is 42.8 Å². The molecule has 2 atom stereocenters. The van der Waals surface area contributed by atoms with Gasteiger partial charge in [-0.15, -0.1) is 0 Å². The second-order valence-electron chi connectivity index (χ2n) is 6.09. The first kappa shape index (κ1) is 14.6. The van der Waals surface area contributed by atoms with E-state index >= 15 is 0 Å². The van der Waals surface area contributed by atoms with Crippen LogP contribution in [0.2, 0.25) is 0 Å². The highest BCUT2D eigenvalue weighted by Gasteiger charge is 2.28. The molecule has 114 valence electrons. The van der Waals surface area contributed by atoms with Crippen molar-refractivity contribution >= 4 is 11.6 Å². The SMILES string of the molecule is Nc1cccc(C(=O)NC2CCCC2Cc2ccccc2)c1. The zero-order valence-corrected chi connectivity index (χ0v) is 12.7. The van der Waals surface area contributed by atoms with Crippen LogP contribution in [0.4, 0.5) is 5.69 Å². The number of nitrogen functional groups attached to an aromatic ring is 1. The highest BCUT2D eigenvalue weighted by Crippen LogP contribution is 2.29. The summed E-state index contributed by atoms with van der Waals surface area (Å²) in [5.41, 5.74) is 8.37. The summed E-state index contributed by atoms with van der Waals surface area (Å²) in [6.45, 7) is 0. The highest BCUT2D eigenvalue weighted by molar-refractivity contribution is 5.95. The van der Waals surface area contributed by atoms with Gasteiger partial charge in [0, 0.05) is 17.3 Å². The fourth-order valence-corrected chi connectivity index (χ4v) is 3.32. The van der Waals surface area contributed by atoms with Gasteiger partial charge in [-0.3, -0.25) is 4.79 Å². The second kappa shape index (κ2) is 6.65. The van der Waals surface area contributed by atoms with Crippen LogP contribution in [0.3, 0.4) is 0 Å². The van der Waals surface area contributed by atoms with E-state index in [0.29, 0.717) is 17.2 Å². The molecular weight excluding hydrogens is 272 g/mol. The molecule has 3 nitrogen and oxygen atoms in total. The molecule has 3 N–H and O–H groups in total. The Morgan fingerprint density at radius 1 is 1.09 bits per heavy atom. The molecule has 3 heteroatoms. The van der Waals surface area contributed by atoms with Gasteiger partial charge in [0.2, 0.25) is 0 Å². The molecule has 2 aromatic carbocycles. The van der Waals surface area contributed by atoms with Gasteiger partial charge in [-0.05, 0) is 48.9 Å². The maximum Gasteiger partial charge on any atom is 0.251 e. The van der Waals surface area contributed by atoms with Crippen molar-refractivity contribution in [2.24, 2.45) is 5.92 Å². The lowest BCUT2D eigenvalue weighted by molar-refractivity contribution is 0.0928. The normalized spacial score (nSPS) is 20.7. The Kier molecular flexibility index (Phi) is 4.42. The summed E-state index contributed by atoms with van der Waals surface area (Å²) in [5.74, 6) is 0.504. The molecule has 1 amide bonds. The summed E-state index contributed by atoms with van der Waals surface area (Å²) in [6, 6.07) is 17.9. The van der Waals surface area contributed by atoms with Crippen LogP contribution in [0.25, 0.3) is 0 Å². The van der Waals surface area contributed by atoms with Gasteiger partial charge in [-0.2, -0.15) is 0 Å². The van der Waals surface area contributed by atoms with Crippen LogP contribution >= 0.6 is 0 Å². The maximum atomic E-state index is 12.4. The number of nitrogens with one attached hydrogen (secondary N) is 1. The Balaban J connectivity index is 1.65. The van der Waals surface area contributed by atoms with Gasteiger partial charge in [-0.25, -0.2) is 0 Å². The topological polar surface area (TPSA) is 55.1 Å². The largest absolute Gasteiger partial charge is 0.399 e. The molecule has 0 heterocycles. The van der Waals surface area contributed by atoms with E-state index in [1.54, 1.807) is 12.1 Å². The molecule has 22 heavy (non-hydrogen) atoms. The van der Waals surface area contributed by atoms with Crippen molar-refractivity contribution in [2.75, 3.05) is 5.73 Å². The first-order chi connectivity index (χ1) is 10.7. The maximum absolute atomic E-state index is 12.4. The Hall–Kier alpha value is -2.29. The first-order valence-corrected chi connectivity index (χ1v) is 7.93. The lowest BCUT2D eigenvalue weighted by atomic mass is 9.94. The smallest absolute Gasteiger partial charge is 0.251 e. The lowest BCUT2D eigenvalue weighted by Gasteiger charge is -2.21. The van der Waals surface area contributed by atoms with Gasteiger partial charge in [0.15, 0.2) is 0 Å². The minimum atomic E-state index is -0.0164. The molecule has 2 unspecified atom stereocenters. The third-order valence-electron chi connectivity index (χ3n) is 4.47. The second-order valence-corrected chi connectivity index (χ2v) is 6.09. The van der Waals surface area contributed by atoms with E-state index in [9.17, 15) is 4.79 Å².